The summed E-state index contributed by atoms with van der Waals surface area (Å²) in [4.78, 5) is 3.68. The standard InChI is InChI=1S/C8H5ClFN3O/c9-4-2-1-3-5(10)6(4)7-12-8(11)13-14-7/h1-3H,(H2,11,13). The van der Waals surface area contributed by atoms with Crippen LogP contribution in [0.4, 0.5) is 10.3 Å². The van der Waals surface area contributed by atoms with E-state index < -0.39 is 5.82 Å². The molecule has 0 amide bonds. The van der Waals surface area contributed by atoms with E-state index in [1.165, 1.54) is 18.2 Å². The lowest BCUT2D eigenvalue weighted by Gasteiger charge is -1.98. The van der Waals surface area contributed by atoms with Gasteiger partial charge in [0.15, 0.2) is 0 Å². The third-order valence-corrected chi connectivity index (χ3v) is 1.93. The van der Waals surface area contributed by atoms with E-state index in [1.807, 2.05) is 0 Å². The number of rotatable bonds is 1. The molecule has 0 bridgehead atoms. The first kappa shape index (κ1) is 8.96. The van der Waals surface area contributed by atoms with Gasteiger partial charge < -0.3 is 10.3 Å². The summed E-state index contributed by atoms with van der Waals surface area (Å²) in [6.07, 6.45) is 0. The summed E-state index contributed by atoms with van der Waals surface area (Å²) in [6, 6.07) is 4.27. The van der Waals surface area contributed by atoms with E-state index in [0.717, 1.165) is 0 Å². The van der Waals surface area contributed by atoms with Crippen LogP contribution in [0.1, 0.15) is 0 Å². The van der Waals surface area contributed by atoms with Gasteiger partial charge in [0.1, 0.15) is 5.82 Å². The van der Waals surface area contributed by atoms with E-state index in [1.54, 1.807) is 0 Å². The summed E-state index contributed by atoms with van der Waals surface area (Å²) >= 11 is 5.76. The lowest BCUT2D eigenvalue weighted by atomic mass is 10.2. The van der Waals surface area contributed by atoms with Crippen LogP contribution in [0.3, 0.4) is 0 Å². The number of nitrogen functional groups attached to an aromatic ring is 1. The molecule has 0 aliphatic carbocycles. The van der Waals surface area contributed by atoms with Gasteiger partial charge in [0.05, 0.1) is 10.6 Å². The summed E-state index contributed by atoms with van der Waals surface area (Å²) in [6.45, 7) is 0. The molecule has 0 unspecified atom stereocenters. The van der Waals surface area contributed by atoms with Crippen LogP contribution in [0.2, 0.25) is 5.02 Å². The Kier molecular flexibility index (Phi) is 2.09. The first-order chi connectivity index (χ1) is 6.68. The quantitative estimate of drug-likeness (QED) is 0.788. The maximum Gasteiger partial charge on any atom is 0.264 e. The molecule has 0 saturated heterocycles. The number of hydrogen-bond acceptors (Lipinski definition) is 4. The highest BCUT2D eigenvalue weighted by atomic mass is 35.5. The maximum atomic E-state index is 13.3. The number of hydrogen-bond donors (Lipinski definition) is 1. The molecule has 72 valence electrons. The average Bonchev–Trinajstić information content (AvgIpc) is 2.51. The smallest absolute Gasteiger partial charge is 0.264 e. The molecule has 0 atom stereocenters. The summed E-state index contributed by atoms with van der Waals surface area (Å²) in [5.41, 5.74) is 5.30. The van der Waals surface area contributed by atoms with Crippen LogP contribution in [-0.4, -0.2) is 10.1 Å². The van der Waals surface area contributed by atoms with Crippen molar-refractivity contribution in [1.29, 1.82) is 0 Å². The second-order valence-electron chi connectivity index (χ2n) is 2.55. The second-order valence-corrected chi connectivity index (χ2v) is 2.96. The van der Waals surface area contributed by atoms with Crippen molar-refractivity contribution in [3.63, 3.8) is 0 Å². The van der Waals surface area contributed by atoms with Gasteiger partial charge in [-0.1, -0.05) is 17.7 Å². The fourth-order valence-electron chi connectivity index (χ4n) is 1.04. The van der Waals surface area contributed by atoms with Crippen LogP contribution in [0.15, 0.2) is 22.7 Å². The van der Waals surface area contributed by atoms with Crippen LogP contribution in [-0.2, 0) is 0 Å². The highest BCUT2D eigenvalue weighted by Gasteiger charge is 2.15. The van der Waals surface area contributed by atoms with E-state index in [4.69, 9.17) is 21.9 Å². The molecule has 0 fully saturated rings. The molecule has 6 heteroatoms. The molecular weight excluding hydrogens is 209 g/mol. The van der Waals surface area contributed by atoms with Crippen molar-refractivity contribution in [2.75, 3.05) is 5.73 Å². The number of benzene rings is 1. The molecule has 2 rings (SSSR count). The molecule has 0 aliphatic heterocycles. The molecule has 1 heterocycles. The van der Waals surface area contributed by atoms with Crippen molar-refractivity contribution in [3.05, 3.63) is 29.0 Å². The van der Waals surface area contributed by atoms with Crippen molar-refractivity contribution in [2.24, 2.45) is 0 Å². The summed E-state index contributed by atoms with van der Waals surface area (Å²) < 4.78 is 18.0. The zero-order chi connectivity index (χ0) is 10.1. The predicted octanol–water partition coefficient (Wildman–Crippen LogP) is 2.11. The highest BCUT2D eigenvalue weighted by Crippen LogP contribution is 2.29. The van der Waals surface area contributed by atoms with Crippen LogP contribution in [0, 0.1) is 5.82 Å². The van der Waals surface area contributed by atoms with Gasteiger partial charge in [-0.2, -0.15) is 4.98 Å². The largest absolute Gasteiger partial charge is 0.365 e. The zero-order valence-electron chi connectivity index (χ0n) is 6.87. The second kappa shape index (κ2) is 3.26. The van der Waals surface area contributed by atoms with Crippen molar-refractivity contribution < 1.29 is 8.91 Å². The predicted molar refractivity (Wildman–Crippen MR) is 49.1 cm³/mol. The summed E-state index contributed by atoms with van der Waals surface area (Å²) in [7, 11) is 0. The Hall–Kier alpha value is -1.62. The van der Waals surface area contributed by atoms with Crippen molar-refractivity contribution >= 4 is 17.5 Å². The molecule has 0 aliphatic rings. The average molecular weight is 214 g/mol. The van der Waals surface area contributed by atoms with Crippen LogP contribution in [0.25, 0.3) is 11.5 Å². The van der Waals surface area contributed by atoms with Crippen LogP contribution in [0.5, 0.6) is 0 Å². The van der Waals surface area contributed by atoms with Gasteiger partial charge in [0.2, 0.25) is 0 Å². The van der Waals surface area contributed by atoms with Gasteiger partial charge in [0.25, 0.3) is 11.8 Å². The SMILES string of the molecule is Nc1noc(-c2c(F)cccc2Cl)n1. The molecule has 0 saturated carbocycles. The summed E-state index contributed by atoms with van der Waals surface area (Å²) in [5, 5.41) is 3.54. The molecule has 4 nitrogen and oxygen atoms in total. The van der Waals surface area contributed by atoms with Crippen molar-refractivity contribution in [3.8, 4) is 11.5 Å². The normalized spacial score (nSPS) is 10.4. The van der Waals surface area contributed by atoms with Crippen molar-refractivity contribution in [1.82, 2.24) is 10.1 Å². The molecule has 14 heavy (non-hydrogen) atoms. The molecule has 1 aromatic heterocycles. The molecule has 0 spiro atoms. The number of aromatic nitrogens is 2. The number of nitrogens with two attached hydrogens (primary N) is 1. The first-order valence-corrected chi connectivity index (χ1v) is 4.10. The van der Waals surface area contributed by atoms with Gasteiger partial charge in [0, 0.05) is 0 Å². The minimum atomic E-state index is -0.527. The maximum absolute atomic E-state index is 13.3. The van der Waals surface area contributed by atoms with Gasteiger partial charge >= 0.3 is 0 Å². The molecular formula is C8H5ClFN3O. The topological polar surface area (TPSA) is 64.9 Å². The van der Waals surface area contributed by atoms with Crippen LogP contribution >= 0.6 is 11.6 Å². The van der Waals surface area contributed by atoms with E-state index in [2.05, 4.69) is 10.1 Å². The minimum absolute atomic E-state index is 0.0226. The molecule has 2 aromatic rings. The monoisotopic (exact) mass is 213 g/mol. The van der Waals surface area contributed by atoms with E-state index in [0.29, 0.717) is 0 Å². The molecule has 0 radical (unpaired) electrons. The van der Waals surface area contributed by atoms with E-state index in [-0.39, 0.29) is 22.4 Å². The Labute approximate surface area is 83.5 Å². The Morgan fingerprint density at radius 3 is 2.79 bits per heavy atom. The fourth-order valence-corrected chi connectivity index (χ4v) is 1.28. The highest BCUT2D eigenvalue weighted by molar-refractivity contribution is 6.33. The lowest BCUT2D eigenvalue weighted by molar-refractivity contribution is 0.430. The van der Waals surface area contributed by atoms with Gasteiger partial charge in [-0.05, 0) is 17.3 Å². The third kappa shape index (κ3) is 1.42. The Bertz CT molecular complexity index is 451. The van der Waals surface area contributed by atoms with Crippen LogP contribution < -0.4 is 5.73 Å². The number of nitrogens with zero attached hydrogens (tertiary/aromatic N) is 2. The zero-order valence-corrected chi connectivity index (χ0v) is 7.62. The van der Waals surface area contributed by atoms with E-state index >= 15 is 0 Å². The number of anilines is 1. The van der Waals surface area contributed by atoms with Crippen molar-refractivity contribution in [2.45, 2.75) is 0 Å². The van der Waals surface area contributed by atoms with Gasteiger partial charge in [-0.25, -0.2) is 4.39 Å². The fraction of sp³-hybridized carbons (Fsp3) is 0. The lowest BCUT2D eigenvalue weighted by Crippen LogP contribution is -1.88. The molecule has 1 aromatic carbocycles. The van der Waals surface area contributed by atoms with Gasteiger partial charge in [-0.15, -0.1) is 0 Å². The number of halogens is 2. The van der Waals surface area contributed by atoms with E-state index in [9.17, 15) is 4.39 Å². The Morgan fingerprint density at radius 2 is 2.21 bits per heavy atom. The molecule has 2 N–H and O–H groups in total. The summed E-state index contributed by atoms with van der Waals surface area (Å²) in [5.74, 6) is -0.605. The third-order valence-electron chi connectivity index (χ3n) is 1.62. The Balaban J connectivity index is 2.61. The van der Waals surface area contributed by atoms with Gasteiger partial charge in [-0.3, -0.25) is 0 Å². The minimum Gasteiger partial charge on any atom is -0.365 e. The Morgan fingerprint density at radius 1 is 1.43 bits per heavy atom. The first-order valence-electron chi connectivity index (χ1n) is 3.72.